The van der Waals surface area contributed by atoms with Gasteiger partial charge in [0.2, 0.25) is 5.91 Å². The smallest absolute Gasteiger partial charge is 0.234 e. The van der Waals surface area contributed by atoms with E-state index in [1.54, 1.807) is 0 Å². The van der Waals surface area contributed by atoms with Crippen LogP contribution in [0.3, 0.4) is 0 Å². The molecule has 0 saturated carbocycles. The number of hydrogen-bond donors (Lipinski definition) is 1. The van der Waals surface area contributed by atoms with Crippen molar-refractivity contribution in [1.82, 2.24) is 14.8 Å². The van der Waals surface area contributed by atoms with Crippen LogP contribution in [0.1, 0.15) is 29.4 Å². The summed E-state index contributed by atoms with van der Waals surface area (Å²) < 4.78 is 7.80. The molecule has 0 spiro atoms. The van der Waals surface area contributed by atoms with E-state index >= 15 is 0 Å². The van der Waals surface area contributed by atoms with Crippen molar-refractivity contribution >= 4 is 35.0 Å². The van der Waals surface area contributed by atoms with Crippen molar-refractivity contribution in [3.63, 3.8) is 0 Å². The fraction of sp³-hybridized carbons (Fsp3) is 0.318. The number of aryl methyl sites for hydroxylation is 3. The predicted molar refractivity (Wildman–Crippen MR) is 121 cm³/mol. The van der Waals surface area contributed by atoms with Gasteiger partial charge in [-0.05, 0) is 74.7 Å². The van der Waals surface area contributed by atoms with Crippen molar-refractivity contribution in [2.24, 2.45) is 0 Å². The molecule has 2 aromatic carbocycles. The molecule has 0 unspecified atom stereocenters. The summed E-state index contributed by atoms with van der Waals surface area (Å²) in [6.07, 6.45) is 0. The highest BCUT2D eigenvalue weighted by Crippen LogP contribution is 2.23. The quantitative estimate of drug-likeness (QED) is 0.484. The van der Waals surface area contributed by atoms with Crippen LogP contribution in [0.2, 0.25) is 5.02 Å². The van der Waals surface area contributed by atoms with E-state index in [2.05, 4.69) is 21.6 Å². The number of thioether (sulfide) groups is 1. The first-order valence-corrected chi connectivity index (χ1v) is 11.0. The molecule has 3 rings (SSSR count). The molecular formula is C22H25ClN4O2S. The molecule has 1 amide bonds. The number of rotatable bonds is 8. The van der Waals surface area contributed by atoms with Gasteiger partial charge in [-0.3, -0.25) is 4.79 Å². The van der Waals surface area contributed by atoms with Crippen LogP contribution < -0.4 is 10.1 Å². The van der Waals surface area contributed by atoms with Crippen LogP contribution in [-0.4, -0.2) is 26.4 Å². The van der Waals surface area contributed by atoms with Crippen LogP contribution in [0.5, 0.6) is 5.75 Å². The number of hydrogen-bond acceptors (Lipinski definition) is 5. The van der Waals surface area contributed by atoms with Gasteiger partial charge in [0.25, 0.3) is 0 Å². The molecule has 0 radical (unpaired) electrons. The lowest BCUT2D eigenvalue weighted by Gasteiger charge is -2.10. The summed E-state index contributed by atoms with van der Waals surface area (Å²) in [5.41, 5.74) is 3.99. The lowest BCUT2D eigenvalue weighted by molar-refractivity contribution is -0.113. The predicted octanol–water partition coefficient (Wildman–Crippen LogP) is 5.19. The summed E-state index contributed by atoms with van der Waals surface area (Å²) in [5.74, 6) is 1.61. The van der Waals surface area contributed by atoms with Crippen LogP contribution in [-0.2, 0) is 17.9 Å². The third kappa shape index (κ3) is 5.77. The van der Waals surface area contributed by atoms with E-state index < -0.39 is 0 Å². The molecule has 0 saturated heterocycles. The highest BCUT2D eigenvalue weighted by atomic mass is 35.5. The Bertz CT molecular complexity index is 1030. The van der Waals surface area contributed by atoms with E-state index in [1.807, 2.05) is 62.6 Å². The second-order valence-corrected chi connectivity index (χ2v) is 8.41. The molecule has 0 atom stereocenters. The minimum atomic E-state index is -0.0786. The molecule has 3 aromatic rings. The Morgan fingerprint density at radius 1 is 1.13 bits per heavy atom. The molecule has 0 bridgehead atoms. The average Bonchev–Trinajstić information content (AvgIpc) is 3.08. The Kier molecular flexibility index (Phi) is 7.39. The fourth-order valence-electron chi connectivity index (χ4n) is 3.08. The van der Waals surface area contributed by atoms with Crippen molar-refractivity contribution < 1.29 is 9.53 Å². The first kappa shape index (κ1) is 22.2. The van der Waals surface area contributed by atoms with E-state index in [0.717, 1.165) is 28.1 Å². The number of halogens is 1. The number of nitrogens with zero attached hydrogens (tertiary/aromatic N) is 3. The van der Waals surface area contributed by atoms with E-state index in [4.69, 9.17) is 16.3 Å². The molecule has 158 valence electrons. The van der Waals surface area contributed by atoms with Crippen LogP contribution in [0.25, 0.3) is 0 Å². The summed E-state index contributed by atoms with van der Waals surface area (Å²) in [6.45, 7) is 8.94. The van der Waals surface area contributed by atoms with Crippen molar-refractivity contribution in [1.29, 1.82) is 0 Å². The third-order valence-electron chi connectivity index (χ3n) is 4.44. The van der Waals surface area contributed by atoms with Gasteiger partial charge < -0.3 is 14.6 Å². The van der Waals surface area contributed by atoms with Crippen LogP contribution >= 0.6 is 23.4 Å². The molecule has 0 aliphatic rings. The van der Waals surface area contributed by atoms with Crippen molar-refractivity contribution in [2.75, 3.05) is 11.1 Å². The molecular weight excluding hydrogens is 420 g/mol. The van der Waals surface area contributed by atoms with Gasteiger partial charge in [-0.25, -0.2) is 0 Å². The molecule has 30 heavy (non-hydrogen) atoms. The first-order valence-electron chi connectivity index (χ1n) is 9.67. The molecule has 8 heteroatoms. The maximum absolute atomic E-state index is 12.4. The first-order chi connectivity index (χ1) is 14.4. The molecule has 1 aromatic heterocycles. The van der Waals surface area contributed by atoms with Gasteiger partial charge in [-0.1, -0.05) is 29.4 Å². The number of carbonyl (C=O) groups excluding carboxylic acids is 1. The van der Waals surface area contributed by atoms with Crippen molar-refractivity contribution in [2.45, 2.75) is 46.0 Å². The number of ether oxygens (including phenoxy) is 1. The Hall–Kier alpha value is -2.51. The zero-order valence-corrected chi connectivity index (χ0v) is 19.1. The Labute approximate surface area is 186 Å². The zero-order chi connectivity index (χ0) is 21.7. The highest BCUT2D eigenvalue weighted by molar-refractivity contribution is 7.99. The van der Waals surface area contributed by atoms with Gasteiger partial charge in [0, 0.05) is 17.3 Å². The lowest BCUT2D eigenvalue weighted by atomic mass is 10.1. The SMILES string of the molecule is CCn1c(COc2ccc(Cl)c(C)c2)nnc1SCC(=O)Nc1cc(C)cc(C)c1. The summed E-state index contributed by atoms with van der Waals surface area (Å²) in [4.78, 5) is 12.4. The fourth-order valence-corrected chi connectivity index (χ4v) is 4.02. The van der Waals surface area contributed by atoms with Gasteiger partial charge in [0.05, 0.1) is 5.75 Å². The van der Waals surface area contributed by atoms with E-state index in [-0.39, 0.29) is 18.3 Å². The van der Waals surface area contributed by atoms with Crippen LogP contribution in [0.15, 0.2) is 41.6 Å². The van der Waals surface area contributed by atoms with Crippen molar-refractivity contribution in [3.05, 3.63) is 63.9 Å². The molecule has 1 heterocycles. The summed E-state index contributed by atoms with van der Waals surface area (Å²) in [7, 11) is 0. The minimum Gasteiger partial charge on any atom is -0.486 e. The number of benzene rings is 2. The minimum absolute atomic E-state index is 0.0786. The summed E-state index contributed by atoms with van der Waals surface area (Å²) in [6, 6.07) is 11.5. The number of carbonyl (C=O) groups is 1. The molecule has 0 fully saturated rings. The van der Waals surface area contributed by atoms with E-state index in [9.17, 15) is 4.79 Å². The Morgan fingerprint density at radius 2 is 1.87 bits per heavy atom. The third-order valence-corrected chi connectivity index (χ3v) is 5.84. The average molecular weight is 445 g/mol. The lowest BCUT2D eigenvalue weighted by Crippen LogP contribution is -2.15. The molecule has 0 aliphatic heterocycles. The zero-order valence-electron chi connectivity index (χ0n) is 17.5. The number of anilines is 1. The molecule has 1 N–H and O–H groups in total. The van der Waals surface area contributed by atoms with Crippen LogP contribution in [0, 0.1) is 20.8 Å². The monoisotopic (exact) mass is 444 g/mol. The van der Waals surface area contributed by atoms with E-state index in [0.29, 0.717) is 22.5 Å². The van der Waals surface area contributed by atoms with Gasteiger partial charge in [0.15, 0.2) is 11.0 Å². The topological polar surface area (TPSA) is 69.0 Å². The number of aromatic nitrogens is 3. The standard InChI is InChI=1S/C22H25ClN4O2S/c1-5-27-20(12-29-18-6-7-19(23)16(4)11-18)25-26-22(27)30-13-21(28)24-17-9-14(2)8-15(3)10-17/h6-11H,5,12-13H2,1-4H3,(H,24,28). The highest BCUT2D eigenvalue weighted by Gasteiger charge is 2.14. The van der Waals surface area contributed by atoms with Crippen molar-refractivity contribution in [3.8, 4) is 5.75 Å². The largest absolute Gasteiger partial charge is 0.486 e. The molecule has 6 nitrogen and oxygen atoms in total. The van der Waals surface area contributed by atoms with Crippen LogP contribution in [0.4, 0.5) is 5.69 Å². The summed E-state index contributed by atoms with van der Waals surface area (Å²) in [5, 5.41) is 12.8. The van der Waals surface area contributed by atoms with Gasteiger partial charge in [0.1, 0.15) is 12.4 Å². The Balaban J connectivity index is 1.59. The van der Waals surface area contributed by atoms with Gasteiger partial charge in [-0.2, -0.15) is 0 Å². The maximum atomic E-state index is 12.4. The Morgan fingerprint density at radius 3 is 2.53 bits per heavy atom. The van der Waals surface area contributed by atoms with E-state index in [1.165, 1.54) is 11.8 Å². The second kappa shape index (κ2) is 10.00. The maximum Gasteiger partial charge on any atom is 0.234 e. The van der Waals surface area contributed by atoms with Gasteiger partial charge in [-0.15, -0.1) is 10.2 Å². The summed E-state index contributed by atoms with van der Waals surface area (Å²) >= 11 is 7.42. The normalized spacial score (nSPS) is 10.8. The number of amides is 1. The molecule has 0 aliphatic carbocycles. The van der Waals surface area contributed by atoms with Gasteiger partial charge >= 0.3 is 0 Å². The second-order valence-electron chi connectivity index (χ2n) is 7.06. The number of nitrogens with one attached hydrogen (secondary N) is 1.